The Labute approximate surface area is 157 Å². The molecule has 0 aliphatic heterocycles. The average Bonchev–Trinajstić information content (AvgIpc) is 2.62. The topological polar surface area (TPSA) is 51.2 Å². The molecule has 0 spiro atoms. The second-order valence-electron chi connectivity index (χ2n) is 7.37. The van der Waals surface area contributed by atoms with E-state index in [1.807, 2.05) is 30.5 Å². The maximum Gasteiger partial charge on any atom is 0.260 e. The lowest BCUT2D eigenvalue weighted by atomic mass is 9.89. The molecule has 0 aliphatic carbocycles. The van der Waals surface area contributed by atoms with Crippen LogP contribution in [0.2, 0.25) is 0 Å². The smallest absolute Gasteiger partial charge is 0.260 e. The van der Waals surface area contributed by atoms with E-state index < -0.39 is 6.10 Å². The number of nitrogens with one attached hydrogen (secondary N) is 1. The molecule has 2 aromatic rings. The minimum absolute atomic E-state index is 0.102. The first-order valence-corrected chi connectivity index (χ1v) is 9.32. The molecule has 1 amide bonds. The third-order valence-corrected chi connectivity index (χ3v) is 4.62. The minimum Gasteiger partial charge on any atom is -0.481 e. The van der Waals surface area contributed by atoms with Gasteiger partial charge in [0.1, 0.15) is 5.75 Å². The van der Waals surface area contributed by atoms with Gasteiger partial charge < -0.3 is 10.1 Å². The summed E-state index contributed by atoms with van der Waals surface area (Å²) in [5.74, 6) is 1.68. The van der Waals surface area contributed by atoms with Gasteiger partial charge in [-0.15, -0.1) is 0 Å². The fourth-order valence-corrected chi connectivity index (χ4v) is 2.89. The Morgan fingerprint density at radius 3 is 2.42 bits per heavy atom. The van der Waals surface area contributed by atoms with Gasteiger partial charge in [0.2, 0.25) is 0 Å². The van der Waals surface area contributed by atoms with E-state index in [9.17, 15) is 4.79 Å². The van der Waals surface area contributed by atoms with Crippen molar-refractivity contribution in [1.29, 1.82) is 0 Å². The number of hydrogen-bond acceptors (Lipinski definition) is 3. The number of rotatable bonds is 8. The van der Waals surface area contributed by atoms with E-state index in [1.54, 1.807) is 13.1 Å². The highest BCUT2D eigenvalue weighted by Crippen LogP contribution is 2.23. The Morgan fingerprint density at radius 1 is 1.08 bits per heavy atom. The van der Waals surface area contributed by atoms with E-state index in [0.29, 0.717) is 18.4 Å². The molecule has 140 valence electrons. The molecule has 0 bridgehead atoms. The largest absolute Gasteiger partial charge is 0.481 e. The molecule has 0 aliphatic rings. The summed E-state index contributed by atoms with van der Waals surface area (Å²) in [6.45, 7) is 10.9. The maximum atomic E-state index is 12.5. The lowest BCUT2D eigenvalue weighted by Gasteiger charge is -2.23. The van der Waals surface area contributed by atoms with Crippen molar-refractivity contribution in [3.05, 3.63) is 59.9 Å². The van der Waals surface area contributed by atoms with Gasteiger partial charge in [-0.25, -0.2) is 0 Å². The molecular formula is C22H30N2O2. The van der Waals surface area contributed by atoms with Crippen molar-refractivity contribution < 1.29 is 9.53 Å². The molecule has 0 saturated carbocycles. The molecule has 2 atom stereocenters. The van der Waals surface area contributed by atoms with Crippen molar-refractivity contribution in [2.24, 2.45) is 5.92 Å². The number of ether oxygens (including phenoxy) is 1. The lowest BCUT2D eigenvalue weighted by molar-refractivity contribution is -0.127. The van der Waals surface area contributed by atoms with Crippen molar-refractivity contribution in [1.82, 2.24) is 10.3 Å². The number of hydrogen-bond donors (Lipinski definition) is 1. The van der Waals surface area contributed by atoms with Crippen LogP contribution in [0.25, 0.3) is 0 Å². The highest BCUT2D eigenvalue weighted by atomic mass is 16.5. The van der Waals surface area contributed by atoms with Gasteiger partial charge in [-0.2, -0.15) is 0 Å². The molecule has 0 fully saturated rings. The summed E-state index contributed by atoms with van der Waals surface area (Å²) in [4.78, 5) is 16.7. The van der Waals surface area contributed by atoms with Gasteiger partial charge in [-0.3, -0.25) is 9.78 Å². The van der Waals surface area contributed by atoms with Crippen molar-refractivity contribution in [3.63, 3.8) is 0 Å². The van der Waals surface area contributed by atoms with Crippen molar-refractivity contribution >= 4 is 5.91 Å². The summed E-state index contributed by atoms with van der Waals surface area (Å²) < 4.78 is 5.84. The normalized spacial score (nSPS) is 13.5. The Balaban J connectivity index is 1.95. The van der Waals surface area contributed by atoms with Crippen LogP contribution < -0.4 is 10.1 Å². The summed E-state index contributed by atoms with van der Waals surface area (Å²) in [7, 11) is 0. The zero-order valence-electron chi connectivity index (χ0n) is 16.4. The summed E-state index contributed by atoms with van der Waals surface area (Å²) >= 11 is 0. The molecule has 1 N–H and O–H groups in total. The Bertz CT molecular complexity index is 698. The van der Waals surface area contributed by atoms with Crippen molar-refractivity contribution in [2.75, 3.05) is 6.54 Å². The fourth-order valence-electron chi connectivity index (χ4n) is 2.89. The van der Waals surface area contributed by atoms with E-state index >= 15 is 0 Å². The fraction of sp³-hybridized carbons (Fsp3) is 0.455. The molecule has 1 aromatic carbocycles. The number of nitrogens with zero attached hydrogens (tertiary/aromatic N) is 1. The summed E-state index contributed by atoms with van der Waals surface area (Å²) in [6.07, 6.45) is 3.09. The number of pyridine rings is 1. The first kappa shape index (κ1) is 20.0. The monoisotopic (exact) mass is 354 g/mol. The number of carbonyl (C=O) groups excluding carboxylic acids is 1. The zero-order valence-corrected chi connectivity index (χ0v) is 16.4. The van der Waals surface area contributed by atoms with Crippen molar-refractivity contribution in [2.45, 2.75) is 52.6 Å². The molecule has 0 saturated heterocycles. The van der Waals surface area contributed by atoms with Crippen LogP contribution in [0.15, 0.2) is 48.8 Å². The van der Waals surface area contributed by atoms with Gasteiger partial charge in [-0.1, -0.05) is 45.9 Å². The second kappa shape index (κ2) is 9.37. The van der Waals surface area contributed by atoms with E-state index in [-0.39, 0.29) is 11.8 Å². The van der Waals surface area contributed by atoms with Crippen LogP contribution in [0, 0.1) is 5.92 Å². The van der Waals surface area contributed by atoms with E-state index in [1.165, 1.54) is 5.56 Å². The van der Waals surface area contributed by atoms with Crippen LogP contribution >= 0.6 is 0 Å². The molecule has 1 heterocycles. The third kappa shape index (κ3) is 5.58. The van der Waals surface area contributed by atoms with Crippen LogP contribution in [-0.2, 0) is 4.79 Å². The van der Waals surface area contributed by atoms with Crippen LogP contribution in [0.4, 0.5) is 0 Å². The van der Waals surface area contributed by atoms with Crippen LogP contribution in [-0.4, -0.2) is 23.5 Å². The van der Waals surface area contributed by atoms with E-state index in [4.69, 9.17) is 4.74 Å². The first-order chi connectivity index (χ1) is 12.4. The average molecular weight is 354 g/mol. The van der Waals surface area contributed by atoms with E-state index in [0.717, 1.165) is 11.3 Å². The summed E-state index contributed by atoms with van der Waals surface area (Å²) in [5.41, 5.74) is 2.34. The number of benzene rings is 1. The van der Waals surface area contributed by atoms with Gasteiger partial charge in [0.05, 0.1) is 0 Å². The molecule has 1 aromatic heterocycles. The lowest BCUT2D eigenvalue weighted by Crippen LogP contribution is -2.39. The van der Waals surface area contributed by atoms with Gasteiger partial charge in [0, 0.05) is 24.9 Å². The summed E-state index contributed by atoms with van der Waals surface area (Å²) in [6, 6.07) is 11.9. The predicted octanol–water partition coefficient (Wildman–Crippen LogP) is 4.53. The standard InChI is InChI=1S/C22H30N2O2/c1-15(2)18-8-6-10-20(12-18)26-17(5)22(25)24-14-21(16(3)4)19-9-7-11-23-13-19/h6-13,15-17,21H,14H2,1-5H3,(H,24,25)/t17-,21-/m1/s1. The summed E-state index contributed by atoms with van der Waals surface area (Å²) in [5, 5.41) is 3.03. The minimum atomic E-state index is -0.542. The molecule has 26 heavy (non-hydrogen) atoms. The number of carbonyl (C=O) groups is 1. The zero-order chi connectivity index (χ0) is 19.1. The van der Waals surface area contributed by atoms with Gasteiger partial charge in [0.25, 0.3) is 5.91 Å². The molecule has 0 unspecified atom stereocenters. The van der Waals surface area contributed by atoms with Crippen LogP contribution in [0.3, 0.4) is 0 Å². The van der Waals surface area contributed by atoms with Crippen molar-refractivity contribution in [3.8, 4) is 5.75 Å². The first-order valence-electron chi connectivity index (χ1n) is 9.32. The predicted molar refractivity (Wildman–Crippen MR) is 105 cm³/mol. The molecule has 4 heteroatoms. The quantitative estimate of drug-likeness (QED) is 0.758. The van der Waals surface area contributed by atoms with Gasteiger partial charge in [0.15, 0.2) is 6.10 Å². The maximum absolute atomic E-state index is 12.5. The Kier molecular flexibility index (Phi) is 7.19. The molecular weight excluding hydrogens is 324 g/mol. The molecule has 0 radical (unpaired) electrons. The van der Waals surface area contributed by atoms with E-state index in [2.05, 4.69) is 50.1 Å². The Morgan fingerprint density at radius 2 is 1.81 bits per heavy atom. The number of amides is 1. The Hall–Kier alpha value is -2.36. The second-order valence-corrected chi connectivity index (χ2v) is 7.37. The van der Waals surface area contributed by atoms with Gasteiger partial charge >= 0.3 is 0 Å². The van der Waals surface area contributed by atoms with Gasteiger partial charge in [-0.05, 0) is 48.1 Å². The third-order valence-electron chi connectivity index (χ3n) is 4.62. The van der Waals surface area contributed by atoms with Crippen LogP contribution in [0.1, 0.15) is 57.6 Å². The SMILES string of the molecule is CC(C)c1cccc(O[C@H](C)C(=O)NC[C@@H](c2cccnc2)C(C)C)c1. The molecule has 2 rings (SSSR count). The van der Waals surface area contributed by atoms with Crippen LogP contribution in [0.5, 0.6) is 5.75 Å². The molecule has 4 nitrogen and oxygen atoms in total. The highest BCUT2D eigenvalue weighted by molar-refractivity contribution is 5.80. The highest BCUT2D eigenvalue weighted by Gasteiger charge is 2.20. The number of aromatic nitrogens is 1.